The highest BCUT2D eigenvalue weighted by molar-refractivity contribution is 6.29. The Morgan fingerprint density at radius 3 is 2.63 bits per heavy atom. The zero-order valence-electron chi connectivity index (χ0n) is 23.4. The number of hydrogen-bond donors (Lipinski definition) is 2. The highest BCUT2D eigenvalue weighted by Crippen LogP contribution is 2.29. The third-order valence-corrected chi connectivity index (χ3v) is 8.64. The molecule has 1 saturated heterocycles. The molecule has 15 heteroatoms. The minimum atomic E-state index is -2.81. The van der Waals surface area contributed by atoms with Gasteiger partial charge in [0.25, 0.3) is 12.0 Å². The third-order valence-electron chi connectivity index (χ3n) is 8.44. The molecule has 3 aromatic heterocycles. The first-order valence-corrected chi connectivity index (χ1v) is 14.2. The van der Waals surface area contributed by atoms with E-state index >= 15 is 0 Å². The van der Waals surface area contributed by atoms with Crippen LogP contribution < -0.4 is 10.9 Å². The van der Waals surface area contributed by atoms with Crippen molar-refractivity contribution in [3.63, 3.8) is 0 Å². The van der Waals surface area contributed by atoms with E-state index in [1.807, 2.05) is 13.1 Å². The largest absolute Gasteiger partial charge is 0.388 e. The molecule has 0 bridgehead atoms. The predicted molar refractivity (Wildman–Crippen MR) is 158 cm³/mol. The number of likely N-dealkylation sites (tertiary alicyclic amines) is 1. The number of aliphatic hydroxyl groups is 1. The van der Waals surface area contributed by atoms with Gasteiger partial charge in [-0.1, -0.05) is 23.7 Å². The van der Waals surface area contributed by atoms with Crippen LogP contribution in [0.15, 0.2) is 47.8 Å². The van der Waals surface area contributed by atoms with Crippen LogP contribution in [0.2, 0.25) is 5.15 Å². The van der Waals surface area contributed by atoms with Gasteiger partial charge in [0, 0.05) is 30.9 Å². The number of rotatable bonds is 8. The summed E-state index contributed by atoms with van der Waals surface area (Å²) in [7, 11) is 1.96. The molecular formula is C28H32Cl2F2N8O3. The average Bonchev–Trinajstić information content (AvgIpc) is 3.71. The normalized spacial score (nSPS) is 18.6. The molecule has 43 heavy (non-hydrogen) atoms. The summed E-state index contributed by atoms with van der Waals surface area (Å²) in [4.78, 5) is 31.9. The Bertz CT molecular complexity index is 1680. The number of imidazole rings is 1. The maximum Gasteiger partial charge on any atom is 0.296 e. The van der Waals surface area contributed by atoms with E-state index in [4.69, 9.17) is 11.6 Å². The van der Waals surface area contributed by atoms with Gasteiger partial charge in [-0.3, -0.25) is 18.8 Å². The van der Waals surface area contributed by atoms with E-state index in [2.05, 4.69) is 32.6 Å². The first kappa shape index (κ1) is 31.0. The van der Waals surface area contributed by atoms with Crippen molar-refractivity contribution in [3.05, 3.63) is 69.6 Å². The number of hydrogen-bond acceptors (Lipinski definition) is 7. The SMILES string of the molecule is CNC1Cc2ccc(-c3cnc4c(=O)n(CC5(O)CCN(C(=O)CC(C(F)F)n6ccc(Cl)n6)CC5)cnn34)cc2C1.Cl. The van der Waals surface area contributed by atoms with Crippen molar-refractivity contribution in [3.8, 4) is 11.3 Å². The molecule has 2 N–H and O–H groups in total. The van der Waals surface area contributed by atoms with Crippen LogP contribution in [0, 0.1) is 0 Å². The fourth-order valence-electron chi connectivity index (χ4n) is 5.95. The van der Waals surface area contributed by atoms with E-state index in [1.54, 1.807) is 6.20 Å². The predicted octanol–water partition coefficient (Wildman–Crippen LogP) is 2.77. The van der Waals surface area contributed by atoms with Crippen LogP contribution in [0.5, 0.6) is 0 Å². The van der Waals surface area contributed by atoms with Gasteiger partial charge in [0.1, 0.15) is 12.4 Å². The standard InChI is InChI=1S/C28H31ClF2N8O3.ClH/c1-32-20-11-17-2-3-18(10-19(17)12-20)22-14-33-26-27(41)37(16-34-39(22)26)15-28(42)5-8-36(9-6-28)24(40)13-21(25(30)31)38-7-4-23(29)35-38;/h2-4,7,10,14,16,20-21,25,32,42H,5-6,8-9,11-13,15H2,1H3;1H. The number of halogens is 4. The van der Waals surface area contributed by atoms with Crippen molar-refractivity contribution in [2.45, 2.75) is 62.8 Å². The lowest BCUT2D eigenvalue weighted by Crippen LogP contribution is -2.50. The Balaban J connectivity index is 0.00000368. The number of piperidine rings is 1. The minimum absolute atomic E-state index is 0. The molecule has 1 aliphatic heterocycles. The number of benzene rings is 1. The number of alkyl halides is 2. The van der Waals surface area contributed by atoms with Gasteiger partial charge in [-0.25, -0.2) is 18.3 Å². The molecule has 0 radical (unpaired) electrons. The molecule has 11 nitrogen and oxygen atoms in total. The molecular weight excluding hydrogens is 605 g/mol. The van der Waals surface area contributed by atoms with Gasteiger partial charge in [-0.05, 0) is 56.0 Å². The molecule has 0 saturated carbocycles. The number of nitrogens with one attached hydrogen (secondary N) is 1. The summed E-state index contributed by atoms with van der Waals surface area (Å²) >= 11 is 5.76. The van der Waals surface area contributed by atoms with Crippen molar-refractivity contribution in [2.24, 2.45) is 0 Å². The van der Waals surface area contributed by atoms with Crippen LogP contribution in [0.4, 0.5) is 8.78 Å². The lowest BCUT2D eigenvalue weighted by atomic mass is 9.91. The lowest BCUT2D eigenvalue weighted by molar-refractivity contribution is -0.138. The highest BCUT2D eigenvalue weighted by atomic mass is 35.5. The molecule has 1 fully saturated rings. The van der Waals surface area contributed by atoms with Crippen molar-refractivity contribution in [2.75, 3.05) is 20.1 Å². The van der Waals surface area contributed by atoms with Crippen LogP contribution in [-0.4, -0.2) is 83.1 Å². The van der Waals surface area contributed by atoms with Crippen LogP contribution in [0.25, 0.3) is 16.9 Å². The molecule has 1 aliphatic carbocycles. The van der Waals surface area contributed by atoms with Crippen LogP contribution in [0.1, 0.15) is 36.4 Å². The van der Waals surface area contributed by atoms with Crippen LogP contribution in [0.3, 0.4) is 0 Å². The highest BCUT2D eigenvalue weighted by Gasteiger charge is 2.36. The summed E-state index contributed by atoms with van der Waals surface area (Å²) in [5, 5.41) is 22.9. The number of carbonyl (C=O) groups excluding carboxylic acids is 1. The van der Waals surface area contributed by atoms with Gasteiger partial charge in [-0.2, -0.15) is 10.2 Å². The van der Waals surface area contributed by atoms with E-state index in [0.29, 0.717) is 11.7 Å². The first-order valence-electron chi connectivity index (χ1n) is 13.9. The van der Waals surface area contributed by atoms with Gasteiger partial charge in [-0.15, -0.1) is 12.4 Å². The molecule has 2 aliphatic rings. The Morgan fingerprint density at radius 2 is 1.95 bits per heavy atom. The smallest absolute Gasteiger partial charge is 0.296 e. The van der Waals surface area contributed by atoms with Crippen LogP contribution in [-0.2, 0) is 24.2 Å². The Kier molecular flexibility index (Phi) is 8.89. The second-order valence-corrected chi connectivity index (χ2v) is 11.5. The molecule has 230 valence electrons. The molecule has 1 aromatic carbocycles. The van der Waals surface area contributed by atoms with Gasteiger partial charge in [0.2, 0.25) is 11.6 Å². The van der Waals surface area contributed by atoms with E-state index in [9.17, 15) is 23.5 Å². The minimum Gasteiger partial charge on any atom is -0.388 e. The van der Waals surface area contributed by atoms with E-state index in [0.717, 1.165) is 23.1 Å². The fraction of sp³-hybridized carbons (Fsp3) is 0.464. The molecule has 1 amide bonds. The summed E-state index contributed by atoms with van der Waals surface area (Å²) < 4.78 is 31.2. The average molecular weight is 638 g/mol. The molecule has 6 rings (SSSR count). The molecule has 4 aromatic rings. The van der Waals surface area contributed by atoms with Gasteiger partial charge in [0.05, 0.1) is 30.5 Å². The molecule has 2 atom stereocenters. The van der Waals surface area contributed by atoms with Crippen LogP contribution >= 0.6 is 24.0 Å². The molecule has 2 unspecified atom stereocenters. The number of likely N-dealkylation sites (N-methyl/N-ethyl adjacent to an activating group) is 1. The monoisotopic (exact) mass is 636 g/mol. The van der Waals surface area contributed by atoms with Crippen molar-refractivity contribution >= 4 is 35.6 Å². The maximum atomic E-state index is 13.7. The van der Waals surface area contributed by atoms with E-state index < -0.39 is 36.0 Å². The second-order valence-electron chi connectivity index (χ2n) is 11.1. The molecule has 4 heterocycles. The zero-order chi connectivity index (χ0) is 29.6. The Morgan fingerprint density at radius 1 is 1.21 bits per heavy atom. The lowest BCUT2D eigenvalue weighted by Gasteiger charge is -2.38. The van der Waals surface area contributed by atoms with Crippen molar-refractivity contribution in [1.82, 2.24) is 39.2 Å². The fourth-order valence-corrected chi connectivity index (χ4v) is 6.09. The number of fused-ring (bicyclic) bond motifs is 2. The number of carbonyl (C=O) groups is 1. The van der Waals surface area contributed by atoms with Gasteiger partial charge in [0.15, 0.2) is 5.15 Å². The van der Waals surface area contributed by atoms with Gasteiger partial charge >= 0.3 is 0 Å². The number of aromatic nitrogens is 6. The Hall–Kier alpha value is -3.39. The third kappa shape index (κ3) is 6.17. The summed E-state index contributed by atoms with van der Waals surface area (Å²) in [6.07, 6.45) is 3.34. The number of nitrogens with zero attached hydrogens (tertiary/aromatic N) is 7. The quantitative estimate of drug-likeness (QED) is 0.305. The topological polar surface area (TPSA) is 123 Å². The number of amides is 1. The summed E-state index contributed by atoms with van der Waals surface area (Å²) in [6, 6.07) is 6.59. The van der Waals surface area contributed by atoms with Crippen molar-refractivity contribution in [1.29, 1.82) is 0 Å². The van der Waals surface area contributed by atoms with E-state index in [1.165, 1.54) is 43.7 Å². The summed E-state index contributed by atoms with van der Waals surface area (Å²) in [5.41, 5.74) is 2.67. The van der Waals surface area contributed by atoms with E-state index in [-0.39, 0.29) is 55.7 Å². The Labute approximate surface area is 256 Å². The van der Waals surface area contributed by atoms with Crippen molar-refractivity contribution < 1.29 is 18.7 Å². The summed E-state index contributed by atoms with van der Waals surface area (Å²) in [5.74, 6) is -0.466. The van der Waals surface area contributed by atoms with Gasteiger partial charge < -0.3 is 15.3 Å². The first-order chi connectivity index (χ1) is 20.1. The summed E-state index contributed by atoms with van der Waals surface area (Å²) in [6.45, 7) is 0.293. The zero-order valence-corrected chi connectivity index (χ0v) is 24.9. The second kappa shape index (κ2) is 12.3. The molecule has 0 spiro atoms. The maximum absolute atomic E-state index is 13.7.